The van der Waals surface area contributed by atoms with Crippen LogP contribution < -0.4 is 10.1 Å². The minimum absolute atomic E-state index is 0.0202. The van der Waals surface area contributed by atoms with Crippen LogP contribution >= 0.6 is 0 Å². The fraction of sp³-hybridized carbons (Fsp3) is 0.250. The van der Waals surface area contributed by atoms with Crippen LogP contribution in [0.25, 0.3) is 10.9 Å². The molecule has 25 heavy (non-hydrogen) atoms. The molecule has 0 aliphatic rings. The van der Waals surface area contributed by atoms with Gasteiger partial charge >= 0.3 is 0 Å². The number of hydrogen-bond acceptors (Lipinski definition) is 2. The highest BCUT2D eigenvalue weighted by Gasteiger charge is 2.07. The van der Waals surface area contributed by atoms with Crippen LogP contribution in [0, 0.1) is 5.82 Å². The number of benzene rings is 2. The van der Waals surface area contributed by atoms with Gasteiger partial charge in [0.05, 0.1) is 12.6 Å². The van der Waals surface area contributed by atoms with Crippen LogP contribution in [0.3, 0.4) is 0 Å². The van der Waals surface area contributed by atoms with Crippen LogP contribution in [-0.4, -0.2) is 24.1 Å². The lowest BCUT2D eigenvalue weighted by Crippen LogP contribution is -2.26. The summed E-state index contributed by atoms with van der Waals surface area (Å²) in [6, 6.07) is 14.4. The van der Waals surface area contributed by atoms with Crippen LogP contribution in [0.4, 0.5) is 4.39 Å². The van der Waals surface area contributed by atoms with Gasteiger partial charge in [-0.25, -0.2) is 4.39 Å². The van der Waals surface area contributed by atoms with Crippen LogP contribution in [-0.2, 0) is 17.8 Å². The molecule has 3 aromatic rings. The molecule has 0 unspecified atom stereocenters. The number of nitrogens with one attached hydrogen (secondary N) is 1. The molecule has 0 spiro atoms. The maximum Gasteiger partial charge on any atom is 0.221 e. The number of ether oxygens (including phenoxy) is 1. The van der Waals surface area contributed by atoms with Crippen LogP contribution in [0.15, 0.2) is 54.7 Å². The number of aryl methyl sites for hydroxylation is 1. The summed E-state index contributed by atoms with van der Waals surface area (Å²) in [5.41, 5.74) is 1.87. The third-order valence-corrected chi connectivity index (χ3v) is 4.22. The molecule has 0 atom stereocenters. The first kappa shape index (κ1) is 17.0. The molecule has 3 rings (SSSR count). The molecule has 1 aromatic heterocycles. The number of fused-ring (bicyclic) bond motifs is 1. The van der Waals surface area contributed by atoms with E-state index in [4.69, 9.17) is 4.74 Å². The second kappa shape index (κ2) is 7.83. The van der Waals surface area contributed by atoms with Crippen LogP contribution in [0.1, 0.15) is 12.0 Å². The summed E-state index contributed by atoms with van der Waals surface area (Å²) in [5.74, 6) is 0.541. The summed E-state index contributed by atoms with van der Waals surface area (Å²) < 4.78 is 20.6. The van der Waals surface area contributed by atoms with Crippen molar-refractivity contribution in [3.63, 3.8) is 0 Å². The van der Waals surface area contributed by atoms with E-state index in [9.17, 15) is 9.18 Å². The summed E-state index contributed by atoms with van der Waals surface area (Å²) in [7, 11) is 1.64. The summed E-state index contributed by atoms with van der Waals surface area (Å²) >= 11 is 0. The number of hydrogen-bond donors (Lipinski definition) is 1. The number of nitrogens with zero attached hydrogens (tertiary/aromatic N) is 1. The van der Waals surface area contributed by atoms with Gasteiger partial charge in [-0.2, -0.15) is 0 Å². The van der Waals surface area contributed by atoms with E-state index >= 15 is 0 Å². The molecule has 0 saturated heterocycles. The van der Waals surface area contributed by atoms with E-state index in [1.54, 1.807) is 13.2 Å². The molecule has 0 saturated carbocycles. The quantitative estimate of drug-likeness (QED) is 0.715. The summed E-state index contributed by atoms with van der Waals surface area (Å²) in [6.07, 6.45) is 2.95. The number of aromatic nitrogens is 1. The number of rotatable bonds is 7. The Morgan fingerprint density at radius 3 is 2.88 bits per heavy atom. The largest absolute Gasteiger partial charge is 0.496 e. The van der Waals surface area contributed by atoms with E-state index in [-0.39, 0.29) is 11.7 Å². The SMILES string of the molecule is COc1ccccc1CCNC(=O)CCn1ccc2ccc(F)cc21. The average molecular weight is 340 g/mol. The number of amides is 1. The summed E-state index contributed by atoms with van der Waals surface area (Å²) in [5, 5.41) is 3.89. The molecular formula is C20H21FN2O2. The second-order valence-corrected chi connectivity index (χ2v) is 5.87. The molecule has 4 nitrogen and oxygen atoms in total. The molecule has 1 N–H and O–H groups in total. The van der Waals surface area contributed by atoms with Crippen molar-refractivity contribution in [3.8, 4) is 5.75 Å². The Morgan fingerprint density at radius 1 is 1.20 bits per heavy atom. The first-order chi connectivity index (χ1) is 12.2. The van der Waals surface area contributed by atoms with E-state index in [2.05, 4.69) is 5.32 Å². The maximum atomic E-state index is 13.4. The molecule has 1 heterocycles. The van der Waals surface area contributed by atoms with Crippen molar-refractivity contribution in [1.29, 1.82) is 0 Å². The Balaban J connectivity index is 1.50. The van der Waals surface area contributed by atoms with Crippen molar-refractivity contribution in [2.24, 2.45) is 0 Å². The Morgan fingerprint density at radius 2 is 2.04 bits per heavy atom. The van der Waals surface area contributed by atoms with Gasteiger partial charge < -0.3 is 14.6 Å². The van der Waals surface area contributed by atoms with Gasteiger partial charge in [0.15, 0.2) is 0 Å². The molecule has 5 heteroatoms. The highest BCUT2D eigenvalue weighted by molar-refractivity contribution is 5.80. The number of carbonyl (C=O) groups is 1. The van der Waals surface area contributed by atoms with Gasteiger partial charge in [0.25, 0.3) is 0 Å². The van der Waals surface area contributed by atoms with Gasteiger partial charge in [-0.1, -0.05) is 18.2 Å². The zero-order chi connectivity index (χ0) is 17.6. The number of para-hydroxylation sites is 1. The third kappa shape index (κ3) is 4.18. The number of carbonyl (C=O) groups excluding carboxylic acids is 1. The molecule has 0 fully saturated rings. The zero-order valence-corrected chi connectivity index (χ0v) is 14.2. The lowest BCUT2D eigenvalue weighted by Gasteiger charge is -2.10. The lowest BCUT2D eigenvalue weighted by molar-refractivity contribution is -0.121. The van der Waals surface area contributed by atoms with Crippen molar-refractivity contribution in [3.05, 3.63) is 66.1 Å². The number of halogens is 1. The molecule has 0 bridgehead atoms. The van der Waals surface area contributed by atoms with Gasteiger partial charge in [-0.05, 0) is 47.7 Å². The molecule has 0 radical (unpaired) electrons. The molecule has 2 aromatic carbocycles. The average Bonchev–Trinajstić information content (AvgIpc) is 3.02. The van der Waals surface area contributed by atoms with Crippen molar-refractivity contribution in [1.82, 2.24) is 9.88 Å². The molecular weight excluding hydrogens is 319 g/mol. The standard InChI is InChI=1S/C20H21FN2O2/c1-25-19-5-3-2-4-16(19)8-11-22-20(24)10-13-23-12-9-15-6-7-17(21)14-18(15)23/h2-7,9,12,14H,8,10-11,13H2,1H3,(H,22,24). The summed E-state index contributed by atoms with van der Waals surface area (Å²) in [4.78, 5) is 12.1. The predicted octanol–water partition coefficient (Wildman–Crippen LogP) is 3.54. The van der Waals surface area contributed by atoms with E-state index in [0.717, 1.165) is 22.2 Å². The zero-order valence-electron chi connectivity index (χ0n) is 14.2. The van der Waals surface area contributed by atoms with Crippen molar-refractivity contribution >= 4 is 16.8 Å². The highest BCUT2D eigenvalue weighted by atomic mass is 19.1. The first-order valence-corrected chi connectivity index (χ1v) is 8.30. The number of methoxy groups -OCH3 is 1. The normalized spacial score (nSPS) is 10.8. The lowest BCUT2D eigenvalue weighted by atomic mass is 10.1. The minimum Gasteiger partial charge on any atom is -0.496 e. The summed E-state index contributed by atoms with van der Waals surface area (Å²) in [6.45, 7) is 1.08. The van der Waals surface area contributed by atoms with Crippen molar-refractivity contribution in [2.45, 2.75) is 19.4 Å². The van der Waals surface area contributed by atoms with Crippen molar-refractivity contribution in [2.75, 3.05) is 13.7 Å². The topological polar surface area (TPSA) is 43.3 Å². The Bertz CT molecular complexity index is 873. The highest BCUT2D eigenvalue weighted by Crippen LogP contribution is 2.18. The minimum atomic E-state index is -0.270. The smallest absolute Gasteiger partial charge is 0.221 e. The van der Waals surface area contributed by atoms with E-state index < -0.39 is 0 Å². The Kier molecular flexibility index (Phi) is 5.33. The Labute approximate surface area is 146 Å². The van der Waals surface area contributed by atoms with Crippen LogP contribution in [0.2, 0.25) is 0 Å². The third-order valence-electron chi connectivity index (χ3n) is 4.22. The van der Waals surface area contributed by atoms with Gasteiger partial charge in [0.1, 0.15) is 11.6 Å². The van der Waals surface area contributed by atoms with E-state index in [1.807, 2.05) is 41.1 Å². The predicted molar refractivity (Wildman–Crippen MR) is 96.2 cm³/mol. The fourth-order valence-electron chi connectivity index (χ4n) is 2.91. The van der Waals surface area contributed by atoms with Gasteiger partial charge in [-0.3, -0.25) is 4.79 Å². The molecule has 0 aliphatic carbocycles. The van der Waals surface area contributed by atoms with E-state index in [0.29, 0.717) is 25.9 Å². The first-order valence-electron chi connectivity index (χ1n) is 8.30. The molecule has 130 valence electrons. The fourth-order valence-corrected chi connectivity index (χ4v) is 2.91. The molecule has 1 amide bonds. The second-order valence-electron chi connectivity index (χ2n) is 5.87. The van der Waals surface area contributed by atoms with E-state index in [1.165, 1.54) is 12.1 Å². The van der Waals surface area contributed by atoms with Crippen molar-refractivity contribution < 1.29 is 13.9 Å². The van der Waals surface area contributed by atoms with Gasteiger partial charge in [-0.15, -0.1) is 0 Å². The monoisotopic (exact) mass is 340 g/mol. The Hall–Kier alpha value is -2.82. The molecule has 0 aliphatic heterocycles. The van der Waals surface area contributed by atoms with Gasteiger partial charge in [0, 0.05) is 25.7 Å². The van der Waals surface area contributed by atoms with Gasteiger partial charge in [0.2, 0.25) is 5.91 Å². The van der Waals surface area contributed by atoms with Crippen LogP contribution in [0.5, 0.6) is 5.75 Å². The maximum absolute atomic E-state index is 13.4.